The smallest absolute Gasteiger partial charge is 0.333 e. The van der Waals surface area contributed by atoms with Crippen LogP contribution in [0, 0.1) is 6.92 Å². The van der Waals surface area contributed by atoms with Gasteiger partial charge in [0.2, 0.25) is 0 Å². The lowest BCUT2D eigenvalue weighted by Crippen LogP contribution is -2.21. The van der Waals surface area contributed by atoms with Crippen molar-refractivity contribution < 1.29 is 9.84 Å². The van der Waals surface area contributed by atoms with Gasteiger partial charge in [-0.2, -0.15) is 5.10 Å². The Bertz CT molecular complexity index is 1580. The molecule has 0 atom stereocenters. The molecule has 4 heterocycles. The van der Waals surface area contributed by atoms with Crippen molar-refractivity contribution in [3.63, 3.8) is 0 Å². The van der Waals surface area contributed by atoms with Crippen molar-refractivity contribution in [3.05, 3.63) is 64.7 Å². The number of imidazole rings is 1. The van der Waals surface area contributed by atoms with Gasteiger partial charge in [0.05, 0.1) is 47.3 Å². The second-order valence-electron chi connectivity index (χ2n) is 7.93. The molecule has 0 amide bonds. The first kappa shape index (κ1) is 20.9. The monoisotopic (exact) mass is 444 g/mol. The van der Waals surface area contributed by atoms with Crippen molar-refractivity contribution >= 4 is 21.9 Å². The molecule has 4 aromatic heterocycles. The summed E-state index contributed by atoms with van der Waals surface area (Å²) in [6.07, 6.45) is 5.29. The van der Waals surface area contributed by atoms with E-state index in [1.54, 1.807) is 33.3 Å². The number of ether oxygens (including phenoxy) is 1. The Morgan fingerprint density at radius 2 is 1.91 bits per heavy atom. The summed E-state index contributed by atoms with van der Waals surface area (Å²) < 4.78 is 10.7. The lowest BCUT2D eigenvalue weighted by atomic mass is 10.0. The van der Waals surface area contributed by atoms with Gasteiger partial charge in [-0.1, -0.05) is 6.07 Å². The third-order valence-electron chi connectivity index (χ3n) is 5.83. The van der Waals surface area contributed by atoms with E-state index in [-0.39, 0.29) is 12.3 Å². The number of hydrogen-bond donors (Lipinski definition) is 1. The van der Waals surface area contributed by atoms with E-state index in [4.69, 9.17) is 4.74 Å². The zero-order valence-electron chi connectivity index (χ0n) is 18.9. The number of aryl methyl sites for hydroxylation is 3. The van der Waals surface area contributed by atoms with Crippen molar-refractivity contribution in [2.45, 2.75) is 20.5 Å². The van der Waals surface area contributed by atoms with Crippen LogP contribution in [0.15, 0.2) is 47.7 Å². The van der Waals surface area contributed by atoms with E-state index in [1.807, 2.05) is 51.4 Å². The van der Waals surface area contributed by atoms with Crippen molar-refractivity contribution in [3.8, 4) is 22.6 Å². The fourth-order valence-electron chi connectivity index (χ4n) is 4.24. The van der Waals surface area contributed by atoms with Crippen molar-refractivity contribution in [2.75, 3.05) is 6.61 Å². The highest BCUT2D eigenvalue weighted by atomic mass is 16.5. The van der Waals surface area contributed by atoms with Gasteiger partial charge in [0.15, 0.2) is 0 Å². The SMILES string of the molecule is CCOc1cc(-c2ccc3ncc4c(c3c2)n(-c2cn(C)nc2C)c(=O)n4C)cnc1CO. The second-order valence-corrected chi connectivity index (χ2v) is 7.93. The zero-order chi connectivity index (χ0) is 23.3. The molecule has 1 aromatic carbocycles. The molecule has 168 valence electrons. The molecule has 0 radical (unpaired) electrons. The topological polar surface area (TPSA) is 100.0 Å². The summed E-state index contributed by atoms with van der Waals surface area (Å²) in [5, 5.41) is 14.8. The summed E-state index contributed by atoms with van der Waals surface area (Å²) in [6, 6.07) is 7.79. The molecule has 0 aliphatic carbocycles. The fourth-order valence-corrected chi connectivity index (χ4v) is 4.24. The van der Waals surface area contributed by atoms with Crippen LogP contribution in [-0.2, 0) is 20.7 Å². The summed E-state index contributed by atoms with van der Waals surface area (Å²) in [5.41, 5.74) is 5.86. The third-order valence-corrected chi connectivity index (χ3v) is 5.83. The minimum Gasteiger partial charge on any atom is -0.492 e. The van der Waals surface area contributed by atoms with Crippen LogP contribution < -0.4 is 10.4 Å². The predicted molar refractivity (Wildman–Crippen MR) is 126 cm³/mol. The highest BCUT2D eigenvalue weighted by Gasteiger charge is 2.19. The number of aliphatic hydroxyl groups excluding tert-OH is 1. The molecule has 0 unspecified atom stereocenters. The number of nitrogens with zero attached hydrogens (tertiary/aromatic N) is 6. The molecule has 0 aliphatic heterocycles. The van der Waals surface area contributed by atoms with Crippen LogP contribution in [0.25, 0.3) is 38.8 Å². The summed E-state index contributed by atoms with van der Waals surface area (Å²) >= 11 is 0. The average molecular weight is 444 g/mol. The molecular weight excluding hydrogens is 420 g/mol. The fraction of sp³-hybridized carbons (Fsp3) is 0.250. The van der Waals surface area contributed by atoms with Gasteiger partial charge in [-0.25, -0.2) is 4.79 Å². The van der Waals surface area contributed by atoms with Crippen LogP contribution >= 0.6 is 0 Å². The molecule has 0 saturated carbocycles. The van der Waals surface area contributed by atoms with Crippen molar-refractivity contribution in [2.24, 2.45) is 14.1 Å². The molecule has 0 aliphatic rings. The molecule has 0 spiro atoms. The van der Waals surface area contributed by atoms with Gasteiger partial charge in [0.25, 0.3) is 0 Å². The number of benzene rings is 1. The van der Waals surface area contributed by atoms with Crippen LogP contribution in [0.2, 0.25) is 0 Å². The highest BCUT2D eigenvalue weighted by Crippen LogP contribution is 2.32. The maximum absolute atomic E-state index is 13.2. The molecule has 5 rings (SSSR count). The number of aliphatic hydroxyl groups is 1. The standard InChI is InChI=1S/C24H24N6O3/c1-5-33-22-9-16(10-25-19(22)13-31)15-6-7-18-17(8-15)23-20(11-26-18)29(4)24(32)30(23)21-12-28(3)27-14(21)2/h6-12,31H,5,13H2,1-4H3. The van der Waals surface area contributed by atoms with Crippen molar-refractivity contribution in [1.29, 1.82) is 0 Å². The Balaban J connectivity index is 1.80. The third kappa shape index (κ3) is 3.28. The van der Waals surface area contributed by atoms with E-state index in [2.05, 4.69) is 15.1 Å². The molecule has 9 nitrogen and oxygen atoms in total. The normalized spacial score (nSPS) is 11.5. The van der Waals surface area contributed by atoms with E-state index < -0.39 is 0 Å². The zero-order valence-corrected chi connectivity index (χ0v) is 18.9. The van der Waals surface area contributed by atoms with Crippen LogP contribution in [-0.4, -0.2) is 40.6 Å². The largest absolute Gasteiger partial charge is 0.492 e. The first-order valence-corrected chi connectivity index (χ1v) is 10.7. The minimum absolute atomic E-state index is 0.159. The number of aromatic nitrogens is 6. The van der Waals surface area contributed by atoms with E-state index >= 15 is 0 Å². The molecule has 9 heteroatoms. The summed E-state index contributed by atoms with van der Waals surface area (Å²) in [4.78, 5) is 22.2. The molecule has 0 saturated heterocycles. The van der Waals surface area contributed by atoms with Crippen molar-refractivity contribution in [1.82, 2.24) is 28.9 Å². The molecule has 5 aromatic rings. The Hall–Kier alpha value is -3.98. The molecule has 0 bridgehead atoms. The number of fused-ring (bicyclic) bond motifs is 3. The van der Waals surface area contributed by atoms with E-state index in [1.165, 1.54) is 0 Å². The number of hydrogen-bond acceptors (Lipinski definition) is 6. The second kappa shape index (κ2) is 7.86. The van der Waals surface area contributed by atoms with Crippen LogP contribution in [0.1, 0.15) is 18.3 Å². The summed E-state index contributed by atoms with van der Waals surface area (Å²) in [6.45, 7) is 4.06. The van der Waals surface area contributed by atoms with Crippen LogP contribution in [0.4, 0.5) is 0 Å². The highest BCUT2D eigenvalue weighted by molar-refractivity contribution is 6.04. The molecular formula is C24H24N6O3. The van der Waals surface area contributed by atoms with E-state index in [9.17, 15) is 9.90 Å². The van der Waals surface area contributed by atoms with Gasteiger partial charge in [0.1, 0.15) is 11.4 Å². The Labute approximate surface area is 189 Å². The quantitative estimate of drug-likeness (QED) is 0.447. The maximum Gasteiger partial charge on any atom is 0.333 e. The average Bonchev–Trinajstić information content (AvgIpc) is 3.28. The maximum atomic E-state index is 13.2. The number of pyridine rings is 2. The first-order chi connectivity index (χ1) is 15.9. The lowest BCUT2D eigenvalue weighted by Gasteiger charge is -2.11. The predicted octanol–water partition coefficient (Wildman–Crippen LogP) is 2.87. The van der Waals surface area contributed by atoms with Gasteiger partial charge in [-0.15, -0.1) is 0 Å². The van der Waals surface area contributed by atoms with Gasteiger partial charge in [-0.05, 0) is 37.6 Å². The van der Waals surface area contributed by atoms with E-state index in [0.29, 0.717) is 18.1 Å². The Morgan fingerprint density at radius 3 is 2.61 bits per heavy atom. The summed E-state index contributed by atoms with van der Waals surface area (Å²) in [5.74, 6) is 0.552. The molecule has 33 heavy (non-hydrogen) atoms. The van der Waals surface area contributed by atoms with Crippen LogP contribution in [0.5, 0.6) is 5.75 Å². The van der Waals surface area contributed by atoms with Crippen LogP contribution in [0.3, 0.4) is 0 Å². The summed E-state index contributed by atoms with van der Waals surface area (Å²) in [7, 11) is 3.58. The molecule has 1 N–H and O–H groups in total. The molecule has 0 fully saturated rings. The van der Waals surface area contributed by atoms with Gasteiger partial charge < -0.3 is 9.84 Å². The van der Waals surface area contributed by atoms with E-state index in [0.717, 1.165) is 44.4 Å². The number of rotatable bonds is 5. The minimum atomic E-state index is -0.196. The van der Waals surface area contributed by atoms with Gasteiger partial charge in [0, 0.05) is 37.4 Å². The lowest BCUT2D eigenvalue weighted by molar-refractivity contribution is 0.261. The first-order valence-electron chi connectivity index (χ1n) is 10.7. The van der Waals surface area contributed by atoms with Gasteiger partial charge in [-0.3, -0.25) is 23.8 Å². The Morgan fingerprint density at radius 1 is 1.09 bits per heavy atom. The van der Waals surface area contributed by atoms with Gasteiger partial charge >= 0.3 is 5.69 Å². The Kier molecular flexibility index (Phi) is 4.98.